The number of carbonyl (C=O) groups excluding carboxylic acids is 1. The lowest BCUT2D eigenvalue weighted by Gasteiger charge is -2.23. The summed E-state index contributed by atoms with van der Waals surface area (Å²) in [6.45, 7) is 2.22. The van der Waals surface area contributed by atoms with Crippen LogP contribution in [-0.2, 0) is 17.6 Å². The highest BCUT2D eigenvalue weighted by molar-refractivity contribution is 5.90. The van der Waals surface area contributed by atoms with Crippen molar-refractivity contribution in [3.63, 3.8) is 0 Å². The van der Waals surface area contributed by atoms with Crippen molar-refractivity contribution in [3.8, 4) is 17.2 Å². The van der Waals surface area contributed by atoms with E-state index in [0.29, 0.717) is 22.9 Å². The molecule has 0 bridgehead atoms. The first-order valence-electron chi connectivity index (χ1n) is 8.00. The number of ether oxygens (including phenoxy) is 1. The van der Waals surface area contributed by atoms with Crippen molar-refractivity contribution < 1.29 is 14.5 Å². The number of esters is 1. The SMILES string of the molecule is COC(=O)c1ccc(-c2c(C#N)c(N)[nH+]c3c2C[C@H](C)CC3)cc1. The number of aromatic nitrogens is 1. The zero-order valence-electron chi connectivity index (χ0n) is 13.8. The molecule has 0 unspecified atom stereocenters. The number of aromatic amines is 1. The normalized spacial score (nSPS) is 16.1. The molecule has 1 heterocycles. The molecule has 0 saturated carbocycles. The van der Waals surface area contributed by atoms with Gasteiger partial charge in [0.15, 0.2) is 0 Å². The van der Waals surface area contributed by atoms with Crippen molar-refractivity contribution in [2.24, 2.45) is 5.92 Å². The van der Waals surface area contributed by atoms with E-state index in [1.807, 2.05) is 12.1 Å². The standard InChI is InChI=1S/C19H19N3O2/c1-11-3-8-16-14(9-11)17(15(10-20)18(21)22-16)12-4-6-13(7-5-12)19(23)24-2/h4-7,11H,3,8-9H2,1-2H3,(H2,21,22)/p+1/t11-/m1/s1. The van der Waals surface area contributed by atoms with E-state index in [2.05, 4.69) is 18.0 Å². The molecule has 5 heteroatoms. The summed E-state index contributed by atoms with van der Waals surface area (Å²) in [7, 11) is 1.36. The van der Waals surface area contributed by atoms with Crippen LogP contribution in [0.15, 0.2) is 24.3 Å². The highest BCUT2D eigenvalue weighted by Gasteiger charge is 2.27. The van der Waals surface area contributed by atoms with E-state index in [9.17, 15) is 10.1 Å². The Morgan fingerprint density at radius 3 is 2.71 bits per heavy atom. The van der Waals surface area contributed by atoms with Gasteiger partial charge in [0.05, 0.1) is 12.7 Å². The van der Waals surface area contributed by atoms with E-state index >= 15 is 0 Å². The number of rotatable bonds is 2. The first-order chi connectivity index (χ1) is 11.5. The molecule has 1 aromatic heterocycles. The van der Waals surface area contributed by atoms with Crippen molar-refractivity contribution >= 4 is 11.8 Å². The number of methoxy groups -OCH3 is 1. The lowest BCUT2D eigenvalue weighted by Crippen LogP contribution is -2.27. The van der Waals surface area contributed by atoms with Crippen LogP contribution < -0.4 is 10.7 Å². The monoisotopic (exact) mass is 322 g/mol. The molecule has 0 aliphatic heterocycles. The van der Waals surface area contributed by atoms with Crippen LogP contribution in [0.1, 0.15) is 40.5 Å². The maximum Gasteiger partial charge on any atom is 0.337 e. The smallest absolute Gasteiger partial charge is 0.337 e. The molecule has 3 rings (SSSR count). The fourth-order valence-corrected chi connectivity index (χ4v) is 3.34. The van der Waals surface area contributed by atoms with Crippen molar-refractivity contribution in [3.05, 3.63) is 46.6 Å². The van der Waals surface area contributed by atoms with Gasteiger partial charge >= 0.3 is 5.97 Å². The Kier molecular flexibility index (Phi) is 4.22. The Balaban J connectivity index is 2.18. The summed E-state index contributed by atoms with van der Waals surface area (Å²) in [4.78, 5) is 14.8. The molecular weight excluding hydrogens is 302 g/mol. The maximum absolute atomic E-state index is 11.6. The summed E-state index contributed by atoms with van der Waals surface area (Å²) in [5.74, 6) is 0.589. The summed E-state index contributed by atoms with van der Waals surface area (Å²) in [6, 6.07) is 9.36. The van der Waals surface area contributed by atoms with Crippen LogP contribution in [0.3, 0.4) is 0 Å². The van der Waals surface area contributed by atoms with E-state index in [1.165, 1.54) is 7.11 Å². The number of hydrogen-bond acceptors (Lipinski definition) is 4. The van der Waals surface area contributed by atoms with Crippen molar-refractivity contribution in [2.45, 2.75) is 26.2 Å². The zero-order chi connectivity index (χ0) is 17.3. The Morgan fingerprint density at radius 1 is 1.38 bits per heavy atom. The number of pyridine rings is 1. The Hall–Kier alpha value is -2.87. The first kappa shape index (κ1) is 16.0. The number of nitriles is 1. The molecule has 1 atom stereocenters. The van der Waals surface area contributed by atoms with E-state index in [-0.39, 0.29) is 5.97 Å². The van der Waals surface area contributed by atoms with Crippen LogP contribution in [0.25, 0.3) is 11.1 Å². The molecule has 0 spiro atoms. The minimum atomic E-state index is -0.376. The molecule has 122 valence electrons. The van der Waals surface area contributed by atoms with Gasteiger partial charge < -0.3 is 4.74 Å². The van der Waals surface area contributed by atoms with Gasteiger partial charge in [-0.25, -0.2) is 9.78 Å². The molecule has 0 amide bonds. The average Bonchev–Trinajstić information content (AvgIpc) is 2.60. The minimum Gasteiger partial charge on any atom is -0.465 e. The number of nitrogen functional groups attached to an aromatic ring is 1. The third kappa shape index (κ3) is 2.71. The summed E-state index contributed by atoms with van der Waals surface area (Å²) in [6.07, 6.45) is 2.95. The third-order valence-electron chi connectivity index (χ3n) is 4.62. The topological polar surface area (TPSA) is 90.2 Å². The quantitative estimate of drug-likeness (QED) is 0.860. The van der Waals surface area contributed by atoms with Crippen molar-refractivity contribution in [1.29, 1.82) is 5.26 Å². The zero-order valence-corrected chi connectivity index (χ0v) is 13.8. The van der Waals surface area contributed by atoms with E-state index < -0.39 is 0 Å². The van der Waals surface area contributed by atoms with Crippen LogP contribution in [0.5, 0.6) is 0 Å². The second-order valence-electron chi connectivity index (χ2n) is 6.27. The summed E-state index contributed by atoms with van der Waals surface area (Å²) < 4.78 is 4.73. The number of anilines is 1. The third-order valence-corrected chi connectivity index (χ3v) is 4.62. The molecule has 24 heavy (non-hydrogen) atoms. The van der Waals surface area contributed by atoms with E-state index in [0.717, 1.165) is 41.6 Å². The number of aryl methyl sites for hydroxylation is 1. The number of benzene rings is 1. The predicted molar refractivity (Wildman–Crippen MR) is 90.1 cm³/mol. The molecule has 0 radical (unpaired) electrons. The van der Waals surface area contributed by atoms with Gasteiger partial charge in [0.1, 0.15) is 17.3 Å². The number of nitrogens with one attached hydrogen (secondary N) is 1. The Bertz CT molecular complexity index is 835. The van der Waals surface area contributed by atoms with Gasteiger partial charge in [0, 0.05) is 17.5 Å². The minimum absolute atomic E-state index is 0.376. The van der Waals surface area contributed by atoms with Crippen LogP contribution in [0.2, 0.25) is 0 Å². The van der Waals surface area contributed by atoms with Crippen molar-refractivity contribution in [1.82, 2.24) is 0 Å². The van der Waals surface area contributed by atoms with Gasteiger partial charge in [0.25, 0.3) is 5.82 Å². The molecular formula is C19H20N3O2+. The number of hydrogen-bond donors (Lipinski definition) is 1. The Morgan fingerprint density at radius 2 is 2.08 bits per heavy atom. The number of nitrogens with two attached hydrogens (primary N) is 1. The lowest BCUT2D eigenvalue weighted by molar-refractivity contribution is -0.375. The van der Waals surface area contributed by atoms with Crippen LogP contribution in [0.4, 0.5) is 5.82 Å². The van der Waals surface area contributed by atoms with Gasteiger partial charge in [-0.1, -0.05) is 19.1 Å². The predicted octanol–water partition coefficient (Wildman–Crippen LogP) is 2.53. The molecule has 2 aromatic rings. The number of nitrogens with zero attached hydrogens (tertiary/aromatic N) is 1. The maximum atomic E-state index is 11.6. The lowest BCUT2D eigenvalue weighted by atomic mass is 9.82. The second kappa shape index (κ2) is 6.32. The summed E-state index contributed by atoms with van der Waals surface area (Å²) in [5, 5.41) is 9.58. The van der Waals surface area contributed by atoms with Gasteiger partial charge in [-0.3, -0.25) is 5.73 Å². The summed E-state index contributed by atoms with van der Waals surface area (Å²) in [5.41, 5.74) is 11.1. The number of carbonyl (C=O) groups is 1. The van der Waals surface area contributed by atoms with Gasteiger partial charge in [-0.05, 0) is 36.5 Å². The van der Waals surface area contributed by atoms with Crippen LogP contribution in [0, 0.1) is 17.2 Å². The fraction of sp³-hybridized carbons (Fsp3) is 0.316. The Labute approximate surface area is 141 Å². The fourth-order valence-electron chi connectivity index (χ4n) is 3.34. The number of fused-ring (bicyclic) bond motifs is 1. The molecule has 5 nitrogen and oxygen atoms in total. The second-order valence-corrected chi connectivity index (χ2v) is 6.27. The van der Waals surface area contributed by atoms with Gasteiger partial charge in [0.2, 0.25) is 0 Å². The average molecular weight is 322 g/mol. The number of H-pyrrole nitrogens is 1. The van der Waals surface area contributed by atoms with E-state index in [1.54, 1.807) is 12.1 Å². The molecule has 0 saturated heterocycles. The highest BCUT2D eigenvalue weighted by Crippen LogP contribution is 2.35. The largest absolute Gasteiger partial charge is 0.465 e. The van der Waals surface area contributed by atoms with Gasteiger partial charge in [-0.2, -0.15) is 5.26 Å². The molecule has 0 fully saturated rings. The van der Waals surface area contributed by atoms with Crippen molar-refractivity contribution in [2.75, 3.05) is 12.8 Å². The highest BCUT2D eigenvalue weighted by atomic mass is 16.5. The van der Waals surface area contributed by atoms with Gasteiger partial charge in [-0.15, -0.1) is 0 Å². The van der Waals surface area contributed by atoms with E-state index in [4.69, 9.17) is 10.5 Å². The summed E-state index contributed by atoms with van der Waals surface area (Å²) >= 11 is 0. The molecule has 1 aliphatic carbocycles. The first-order valence-corrected chi connectivity index (χ1v) is 8.00. The molecule has 1 aliphatic rings. The molecule has 3 N–H and O–H groups in total. The van der Waals surface area contributed by atoms with Crippen LogP contribution >= 0.6 is 0 Å². The molecule has 1 aromatic carbocycles. The van der Waals surface area contributed by atoms with Crippen LogP contribution in [-0.4, -0.2) is 13.1 Å².